The number of rotatable bonds is 3. The van der Waals surface area contributed by atoms with Crippen LogP contribution in [-0.2, 0) is 11.5 Å². The molecular weight excluding hydrogens is 328 g/mol. The van der Waals surface area contributed by atoms with Crippen LogP contribution in [0.1, 0.15) is 33.6 Å². The van der Waals surface area contributed by atoms with Gasteiger partial charge in [0.15, 0.2) is 8.32 Å². The molecule has 1 aromatic carbocycles. The fourth-order valence-corrected chi connectivity index (χ4v) is 4.70. The van der Waals surface area contributed by atoms with E-state index in [-0.39, 0.29) is 5.04 Å². The summed E-state index contributed by atoms with van der Waals surface area (Å²) in [5, 5.41) is 5.71. The van der Waals surface area contributed by atoms with Crippen molar-refractivity contribution < 1.29 is 4.43 Å². The maximum Gasteiger partial charge on any atom is 0.192 e. The summed E-state index contributed by atoms with van der Waals surface area (Å²) in [4.78, 5) is 2.39. The summed E-state index contributed by atoms with van der Waals surface area (Å²) >= 11 is 0. The van der Waals surface area contributed by atoms with E-state index >= 15 is 0 Å². The van der Waals surface area contributed by atoms with E-state index in [9.17, 15) is 0 Å². The van der Waals surface area contributed by atoms with Crippen molar-refractivity contribution in [2.45, 2.75) is 57.8 Å². The molecule has 5 nitrogen and oxygen atoms in total. The first kappa shape index (κ1) is 18.3. The second kappa shape index (κ2) is 6.32. The molecule has 0 amide bonds. The van der Waals surface area contributed by atoms with E-state index in [1.54, 1.807) is 0 Å². The number of aromatic nitrogens is 2. The zero-order valence-electron chi connectivity index (χ0n) is 16.5. The molecule has 1 unspecified atom stereocenters. The van der Waals surface area contributed by atoms with Gasteiger partial charge in [-0.1, -0.05) is 20.8 Å². The first-order chi connectivity index (χ1) is 11.6. The number of fused-ring (bicyclic) bond motifs is 1. The second-order valence-electron chi connectivity index (χ2n) is 8.83. The highest BCUT2D eigenvalue weighted by atomic mass is 28.4. The first-order valence-corrected chi connectivity index (χ1v) is 12.1. The molecule has 0 radical (unpaired) electrons. The Labute approximate surface area is 152 Å². The summed E-state index contributed by atoms with van der Waals surface area (Å²) in [6, 6.07) is 4.21. The fourth-order valence-electron chi connectivity index (χ4n) is 3.32. The van der Waals surface area contributed by atoms with Crippen LogP contribution < -0.4 is 10.6 Å². The zero-order valence-corrected chi connectivity index (χ0v) is 17.5. The molecule has 2 aromatic rings. The third-order valence-electron chi connectivity index (χ3n) is 5.88. The minimum atomic E-state index is -1.75. The molecule has 0 spiro atoms. The topological polar surface area (TPSA) is 56.3 Å². The molecule has 1 fully saturated rings. The van der Waals surface area contributed by atoms with Gasteiger partial charge in [0.2, 0.25) is 0 Å². The molecule has 1 saturated heterocycles. The van der Waals surface area contributed by atoms with E-state index in [1.165, 1.54) is 0 Å². The van der Waals surface area contributed by atoms with E-state index in [2.05, 4.69) is 49.9 Å². The van der Waals surface area contributed by atoms with Gasteiger partial charge in [0.1, 0.15) is 0 Å². The van der Waals surface area contributed by atoms with Crippen molar-refractivity contribution in [2.75, 3.05) is 23.7 Å². The number of hydrogen-bond acceptors (Lipinski definition) is 4. The molecule has 1 atom stereocenters. The van der Waals surface area contributed by atoms with Crippen LogP contribution in [0.25, 0.3) is 10.9 Å². The summed E-state index contributed by atoms with van der Waals surface area (Å²) < 4.78 is 8.54. The molecule has 1 aliphatic rings. The summed E-state index contributed by atoms with van der Waals surface area (Å²) in [5.41, 5.74) is 9.39. The zero-order chi connectivity index (χ0) is 18.4. The van der Waals surface area contributed by atoms with Gasteiger partial charge < -0.3 is 15.1 Å². The summed E-state index contributed by atoms with van der Waals surface area (Å²) in [6.07, 6.45) is 4.48. The number of nitrogens with zero attached hydrogens (tertiary/aromatic N) is 3. The third-order valence-corrected chi connectivity index (χ3v) is 10.4. The van der Waals surface area contributed by atoms with Crippen molar-refractivity contribution in [3.05, 3.63) is 18.3 Å². The number of nitrogen functional groups attached to an aromatic ring is 1. The molecule has 3 rings (SSSR count). The van der Waals surface area contributed by atoms with Gasteiger partial charge in [0, 0.05) is 25.5 Å². The van der Waals surface area contributed by atoms with Gasteiger partial charge in [-0.3, -0.25) is 4.68 Å². The molecule has 0 bridgehead atoms. The van der Waals surface area contributed by atoms with Crippen molar-refractivity contribution >= 4 is 30.6 Å². The van der Waals surface area contributed by atoms with Crippen LogP contribution in [0, 0.1) is 0 Å². The van der Waals surface area contributed by atoms with Crippen molar-refractivity contribution in [3.63, 3.8) is 0 Å². The predicted octanol–water partition coefficient (Wildman–Crippen LogP) is 4.15. The molecule has 0 aliphatic carbocycles. The van der Waals surface area contributed by atoms with Crippen LogP contribution >= 0.6 is 0 Å². The number of benzene rings is 1. The Morgan fingerprint density at radius 1 is 1.28 bits per heavy atom. The smallest absolute Gasteiger partial charge is 0.192 e. The fraction of sp³-hybridized carbons (Fsp3) is 0.632. The Bertz CT molecular complexity index is 763. The molecule has 1 aromatic heterocycles. The Kier molecular flexibility index (Phi) is 4.62. The van der Waals surface area contributed by atoms with Crippen molar-refractivity contribution in [1.82, 2.24) is 9.78 Å². The lowest BCUT2D eigenvalue weighted by atomic mass is 10.1. The van der Waals surface area contributed by atoms with Crippen LogP contribution in [0.3, 0.4) is 0 Å². The van der Waals surface area contributed by atoms with Crippen LogP contribution in [0.2, 0.25) is 18.1 Å². The highest BCUT2D eigenvalue weighted by Gasteiger charge is 2.40. The quantitative estimate of drug-likeness (QED) is 0.660. The lowest BCUT2D eigenvalue weighted by Gasteiger charge is -2.43. The average Bonchev–Trinajstić information content (AvgIpc) is 2.86. The number of nitrogens with two attached hydrogens (primary N) is 1. The van der Waals surface area contributed by atoms with E-state index in [4.69, 9.17) is 10.2 Å². The minimum absolute atomic E-state index is 0.239. The standard InChI is InChI=1S/C19H32N4OSi/c1-19(2,3)25(5,6)24-15-8-7-9-23(13-15)18-10-14-12-21-22(4)17(14)11-16(18)20/h10-12,15H,7-9,13,20H2,1-6H3. The third kappa shape index (κ3) is 3.55. The maximum atomic E-state index is 6.67. The number of anilines is 2. The Morgan fingerprint density at radius 2 is 2.00 bits per heavy atom. The SMILES string of the molecule is Cn1ncc2cc(N3CCCC(O[Si](C)(C)C(C)(C)C)C3)c(N)cc21. The number of piperidine rings is 1. The van der Waals surface area contributed by atoms with E-state index in [1.807, 2.05) is 24.0 Å². The van der Waals surface area contributed by atoms with Gasteiger partial charge in [-0.05, 0) is 43.1 Å². The van der Waals surface area contributed by atoms with Gasteiger partial charge in [-0.25, -0.2) is 0 Å². The van der Waals surface area contributed by atoms with Crippen LogP contribution in [0.15, 0.2) is 18.3 Å². The molecule has 138 valence electrons. The molecule has 0 saturated carbocycles. The van der Waals surface area contributed by atoms with Gasteiger partial charge in [-0.15, -0.1) is 0 Å². The van der Waals surface area contributed by atoms with Crippen LogP contribution in [-0.4, -0.2) is 37.3 Å². The molecule has 1 aliphatic heterocycles. The van der Waals surface area contributed by atoms with Gasteiger partial charge in [-0.2, -0.15) is 5.10 Å². The Hall–Kier alpha value is -1.53. The first-order valence-electron chi connectivity index (χ1n) is 9.22. The molecule has 2 heterocycles. The van der Waals surface area contributed by atoms with Gasteiger partial charge in [0.05, 0.1) is 29.2 Å². The van der Waals surface area contributed by atoms with Crippen molar-refractivity contribution in [3.8, 4) is 0 Å². The van der Waals surface area contributed by atoms with E-state index in [0.717, 1.165) is 48.2 Å². The molecule has 6 heteroatoms. The van der Waals surface area contributed by atoms with Crippen LogP contribution in [0.4, 0.5) is 11.4 Å². The van der Waals surface area contributed by atoms with E-state index < -0.39 is 8.32 Å². The van der Waals surface area contributed by atoms with Gasteiger partial charge in [0.25, 0.3) is 0 Å². The highest BCUT2D eigenvalue weighted by Crippen LogP contribution is 2.39. The maximum absolute atomic E-state index is 6.67. The largest absolute Gasteiger partial charge is 0.412 e. The molecule has 25 heavy (non-hydrogen) atoms. The monoisotopic (exact) mass is 360 g/mol. The van der Waals surface area contributed by atoms with Crippen molar-refractivity contribution in [1.29, 1.82) is 0 Å². The van der Waals surface area contributed by atoms with E-state index in [0.29, 0.717) is 6.10 Å². The van der Waals surface area contributed by atoms with Crippen molar-refractivity contribution in [2.24, 2.45) is 7.05 Å². The predicted molar refractivity (Wildman–Crippen MR) is 109 cm³/mol. The molecular formula is C19H32N4OSi. The number of hydrogen-bond donors (Lipinski definition) is 1. The number of aryl methyl sites for hydroxylation is 1. The lowest BCUT2D eigenvalue weighted by Crippen LogP contribution is -2.49. The summed E-state index contributed by atoms with van der Waals surface area (Å²) in [6.45, 7) is 13.5. The second-order valence-corrected chi connectivity index (χ2v) is 13.6. The summed E-state index contributed by atoms with van der Waals surface area (Å²) in [7, 11) is 0.202. The summed E-state index contributed by atoms with van der Waals surface area (Å²) in [5.74, 6) is 0. The molecule has 2 N–H and O–H groups in total. The highest BCUT2D eigenvalue weighted by molar-refractivity contribution is 6.74. The van der Waals surface area contributed by atoms with Gasteiger partial charge >= 0.3 is 0 Å². The lowest BCUT2D eigenvalue weighted by molar-refractivity contribution is 0.160. The van der Waals surface area contributed by atoms with Crippen LogP contribution in [0.5, 0.6) is 0 Å². The average molecular weight is 361 g/mol. The Balaban J connectivity index is 1.81. The minimum Gasteiger partial charge on any atom is -0.412 e. The normalized spacial score (nSPS) is 19.6. The Morgan fingerprint density at radius 3 is 2.68 bits per heavy atom.